The zero-order valence-corrected chi connectivity index (χ0v) is 9.73. The highest BCUT2D eigenvalue weighted by atomic mass is 16.1. The number of carbonyl (C=O) groups is 1. The summed E-state index contributed by atoms with van der Waals surface area (Å²) in [7, 11) is 0. The summed E-state index contributed by atoms with van der Waals surface area (Å²) in [6, 6.07) is 1.79. The Balaban J connectivity index is 2.29. The van der Waals surface area contributed by atoms with Crippen LogP contribution in [0.15, 0.2) is 18.6 Å². The van der Waals surface area contributed by atoms with Gasteiger partial charge in [-0.3, -0.25) is 4.79 Å². The van der Waals surface area contributed by atoms with Crippen LogP contribution in [-0.4, -0.2) is 29.0 Å². The molecule has 0 saturated heterocycles. The molecule has 16 heavy (non-hydrogen) atoms. The third kappa shape index (κ3) is 4.35. The van der Waals surface area contributed by atoms with Crippen LogP contribution in [-0.2, 0) is 11.3 Å². The molecule has 1 amide bonds. The summed E-state index contributed by atoms with van der Waals surface area (Å²) in [6.45, 7) is 5.96. The average molecular weight is 222 g/mol. The van der Waals surface area contributed by atoms with E-state index in [0.717, 1.165) is 12.2 Å². The Bertz CT molecular complexity index is 315. The molecule has 0 spiro atoms. The highest BCUT2D eigenvalue weighted by Gasteiger charge is 2.11. The predicted molar refractivity (Wildman–Crippen MR) is 61.6 cm³/mol. The van der Waals surface area contributed by atoms with E-state index in [9.17, 15) is 4.79 Å². The maximum absolute atomic E-state index is 11.6. The standard InChI is InChI=1S/C11H18N4O/c1-3-12-6-9(2)11(16)14-7-10-4-5-13-8-15-10/h4-5,8-9,12H,3,6-7H2,1-2H3,(H,14,16). The van der Waals surface area contributed by atoms with E-state index in [-0.39, 0.29) is 11.8 Å². The van der Waals surface area contributed by atoms with E-state index in [1.54, 1.807) is 12.3 Å². The quantitative estimate of drug-likeness (QED) is 0.728. The van der Waals surface area contributed by atoms with E-state index in [1.807, 2.05) is 13.8 Å². The molecule has 0 aliphatic rings. The number of hydrogen-bond acceptors (Lipinski definition) is 4. The second-order valence-electron chi connectivity index (χ2n) is 3.63. The van der Waals surface area contributed by atoms with Crippen LogP contribution in [0.4, 0.5) is 0 Å². The summed E-state index contributed by atoms with van der Waals surface area (Å²) in [5, 5.41) is 5.98. The molecule has 1 atom stereocenters. The maximum Gasteiger partial charge on any atom is 0.224 e. The van der Waals surface area contributed by atoms with E-state index < -0.39 is 0 Å². The van der Waals surface area contributed by atoms with Crippen molar-refractivity contribution in [1.29, 1.82) is 0 Å². The van der Waals surface area contributed by atoms with Crippen molar-refractivity contribution in [3.05, 3.63) is 24.3 Å². The Morgan fingerprint density at radius 1 is 1.56 bits per heavy atom. The van der Waals surface area contributed by atoms with Crippen molar-refractivity contribution in [1.82, 2.24) is 20.6 Å². The minimum atomic E-state index is -0.0261. The van der Waals surface area contributed by atoms with E-state index in [0.29, 0.717) is 13.1 Å². The second kappa shape index (κ2) is 6.90. The predicted octanol–water partition coefficient (Wildman–Crippen LogP) is 0.338. The topological polar surface area (TPSA) is 66.9 Å². The maximum atomic E-state index is 11.6. The van der Waals surface area contributed by atoms with Gasteiger partial charge in [0.15, 0.2) is 0 Å². The molecule has 5 nitrogen and oxygen atoms in total. The van der Waals surface area contributed by atoms with Gasteiger partial charge in [0, 0.05) is 18.7 Å². The van der Waals surface area contributed by atoms with Gasteiger partial charge in [0.05, 0.1) is 12.2 Å². The first-order valence-corrected chi connectivity index (χ1v) is 5.47. The van der Waals surface area contributed by atoms with Crippen LogP contribution in [0.25, 0.3) is 0 Å². The lowest BCUT2D eigenvalue weighted by atomic mass is 10.1. The lowest BCUT2D eigenvalue weighted by molar-refractivity contribution is -0.124. The van der Waals surface area contributed by atoms with Crippen LogP contribution < -0.4 is 10.6 Å². The zero-order chi connectivity index (χ0) is 11.8. The molecule has 88 valence electrons. The van der Waals surface area contributed by atoms with Crippen LogP contribution in [0.3, 0.4) is 0 Å². The largest absolute Gasteiger partial charge is 0.350 e. The number of nitrogens with one attached hydrogen (secondary N) is 2. The Kier molecular flexibility index (Phi) is 5.42. The van der Waals surface area contributed by atoms with Gasteiger partial charge in [-0.15, -0.1) is 0 Å². The van der Waals surface area contributed by atoms with Gasteiger partial charge in [0.25, 0.3) is 0 Å². The summed E-state index contributed by atoms with van der Waals surface area (Å²) >= 11 is 0. The molecule has 1 rings (SSSR count). The van der Waals surface area contributed by atoms with E-state index in [2.05, 4.69) is 20.6 Å². The molecule has 1 heterocycles. The fraction of sp³-hybridized carbons (Fsp3) is 0.545. The van der Waals surface area contributed by atoms with Crippen LogP contribution in [0, 0.1) is 5.92 Å². The van der Waals surface area contributed by atoms with Gasteiger partial charge in [0.1, 0.15) is 6.33 Å². The smallest absolute Gasteiger partial charge is 0.224 e. The van der Waals surface area contributed by atoms with Gasteiger partial charge < -0.3 is 10.6 Å². The van der Waals surface area contributed by atoms with Gasteiger partial charge in [-0.05, 0) is 12.6 Å². The van der Waals surface area contributed by atoms with Crippen molar-refractivity contribution in [2.24, 2.45) is 5.92 Å². The molecule has 0 aliphatic carbocycles. The second-order valence-corrected chi connectivity index (χ2v) is 3.63. The number of amides is 1. The Hall–Kier alpha value is -1.49. The number of hydrogen-bond donors (Lipinski definition) is 2. The third-order valence-corrected chi connectivity index (χ3v) is 2.24. The normalized spacial score (nSPS) is 12.1. The van der Waals surface area contributed by atoms with Gasteiger partial charge in [-0.2, -0.15) is 0 Å². The molecule has 1 aromatic heterocycles. The molecule has 0 bridgehead atoms. The number of nitrogens with zero attached hydrogens (tertiary/aromatic N) is 2. The van der Waals surface area contributed by atoms with Gasteiger partial charge >= 0.3 is 0 Å². The molecule has 0 saturated carbocycles. The highest BCUT2D eigenvalue weighted by Crippen LogP contribution is 1.95. The number of rotatable bonds is 6. The van der Waals surface area contributed by atoms with Crippen molar-refractivity contribution in [3.63, 3.8) is 0 Å². The van der Waals surface area contributed by atoms with Crippen molar-refractivity contribution in [2.45, 2.75) is 20.4 Å². The summed E-state index contributed by atoms with van der Waals surface area (Å²) < 4.78 is 0. The monoisotopic (exact) mass is 222 g/mol. The Labute approximate surface area is 95.7 Å². The molecule has 1 unspecified atom stereocenters. The van der Waals surface area contributed by atoms with Crippen molar-refractivity contribution in [2.75, 3.05) is 13.1 Å². The van der Waals surface area contributed by atoms with Crippen LogP contribution in [0.2, 0.25) is 0 Å². The molecular weight excluding hydrogens is 204 g/mol. The van der Waals surface area contributed by atoms with E-state index in [4.69, 9.17) is 0 Å². The first-order valence-electron chi connectivity index (χ1n) is 5.47. The summed E-state index contributed by atoms with van der Waals surface area (Å²) in [5.74, 6) is 0.0151. The van der Waals surface area contributed by atoms with E-state index in [1.165, 1.54) is 6.33 Å². The first kappa shape index (κ1) is 12.6. The molecule has 0 fully saturated rings. The third-order valence-electron chi connectivity index (χ3n) is 2.24. The lowest BCUT2D eigenvalue weighted by Crippen LogP contribution is -2.35. The van der Waals surface area contributed by atoms with Crippen LogP contribution in [0.5, 0.6) is 0 Å². The SMILES string of the molecule is CCNCC(C)C(=O)NCc1ccncn1. The first-order chi connectivity index (χ1) is 7.74. The molecule has 2 N–H and O–H groups in total. The molecule has 0 radical (unpaired) electrons. The van der Waals surface area contributed by atoms with Crippen molar-refractivity contribution < 1.29 is 4.79 Å². The summed E-state index contributed by atoms with van der Waals surface area (Å²) in [5.41, 5.74) is 0.819. The van der Waals surface area contributed by atoms with Crippen molar-refractivity contribution in [3.8, 4) is 0 Å². The Morgan fingerprint density at radius 3 is 3.00 bits per heavy atom. The van der Waals surface area contributed by atoms with Gasteiger partial charge in [-0.1, -0.05) is 13.8 Å². The number of aromatic nitrogens is 2. The van der Waals surface area contributed by atoms with Crippen LogP contribution in [0.1, 0.15) is 19.5 Å². The fourth-order valence-corrected chi connectivity index (χ4v) is 1.23. The molecular formula is C11H18N4O. The Morgan fingerprint density at radius 2 is 2.38 bits per heavy atom. The minimum Gasteiger partial charge on any atom is -0.350 e. The summed E-state index contributed by atoms with van der Waals surface area (Å²) in [4.78, 5) is 19.5. The lowest BCUT2D eigenvalue weighted by Gasteiger charge is -2.11. The molecule has 5 heteroatoms. The number of carbonyl (C=O) groups excluding carboxylic acids is 1. The summed E-state index contributed by atoms with van der Waals surface area (Å²) in [6.07, 6.45) is 3.14. The molecule has 0 aliphatic heterocycles. The average Bonchev–Trinajstić information content (AvgIpc) is 2.34. The fourth-order valence-electron chi connectivity index (χ4n) is 1.23. The van der Waals surface area contributed by atoms with Crippen molar-refractivity contribution >= 4 is 5.91 Å². The van der Waals surface area contributed by atoms with Crippen LogP contribution >= 0.6 is 0 Å². The zero-order valence-electron chi connectivity index (χ0n) is 9.73. The van der Waals surface area contributed by atoms with Gasteiger partial charge in [0.2, 0.25) is 5.91 Å². The molecule has 0 aromatic carbocycles. The van der Waals surface area contributed by atoms with Gasteiger partial charge in [-0.25, -0.2) is 9.97 Å². The molecule has 1 aromatic rings. The van der Waals surface area contributed by atoms with E-state index >= 15 is 0 Å². The highest BCUT2D eigenvalue weighted by molar-refractivity contribution is 5.78. The minimum absolute atomic E-state index is 0.0261.